The number of thiophene rings is 1. The van der Waals surface area contributed by atoms with E-state index in [1.54, 1.807) is 32.9 Å². The van der Waals surface area contributed by atoms with Crippen LogP contribution in [0.2, 0.25) is 0 Å². The molecule has 0 aliphatic carbocycles. The molecule has 6 nitrogen and oxygen atoms in total. The van der Waals surface area contributed by atoms with Crippen LogP contribution in [-0.2, 0) is 16.4 Å². The van der Waals surface area contributed by atoms with E-state index < -0.39 is 16.1 Å². The van der Waals surface area contributed by atoms with Gasteiger partial charge in [-0.15, -0.1) is 11.3 Å². The third-order valence-electron chi connectivity index (χ3n) is 3.11. The highest BCUT2D eigenvalue weighted by Gasteiger charge is 2.24. The standard InChI is InChI=1S/C13H18N2O4S2/c1-8-13(10(3)19-14-8)9(2)15-21(17,18)12-5-4-11(20-12)6-7-16/h4-5,9,15-16H,6-7H2,1-3H3. The molecule has 0 amide bonds. The van der Waals surface area contributed by atoms with Gasteiger partial charge >= 0.3 is 0 Å². The maximum Gasteiger partial charge on any atom is 0.250 e. The molecule has 0 saturated carbocycles. The molecular formula is C13H18N2O4S2. The van der Waals surface area contributed by atoms with E-state index >= 15 is 0 Å². The summed E-state index contributed by atoms with van der Waals surface area (Å²) in [6.07, 6.45) is 0.458. The average molecular weight is 330 g/mol. The molecule has 0 bridgehead atoms. The summed E-state index contributed by atoms with van der Waals surface area (Å²) in [5.74, 6) is 0.606. The number of aryl methyl sites for hydroxylation is 2. The first-order valence-electron chi connectivity index (χ1n) is 6.50. The van der Waals surface area contributed by atoms with Gasteiger partial charge in [-0.3, -0.25) is 0 Å². The Labute approximate surface area is 127 Å². The van der Waals surface area contributed by atoms with Crippen molar-refractivity contribution < 1.29 is 18.0 Å². The van der Waals surface area contributed by atoms with Crippen LogP contribution < -0.4 is 4.72 Å². The van der Waals surface area contributed by atoms with Gasteiger partial charge in [-0.25, -0.2) is 13.1 Å². The number of nitrogens with zero attached hydrogens (tertiary/aromatic N) is 1. The molecule has 2 N–H and O–H groups in total. The zero-order valence-corrected chi connectivity index (χ0v) is 13.7. The first-order chi connectivity index (χ1) is 9.85. The molecular weight excluding hydrogens is 312 g/mol. The summed E-state index contributed by atoms with van der Waals surface area (Å²) >= 11 is 1.16. The Balaban J connectivity index is 2.20. The first-order valence-corrected chi connectivity index (χ1v) is 8.79. The zero-order chi connectivity index (χ0) is 15.6. The second-order valence-electron chi connectivity index (χ2n) is 4.78. The van der Waals surface area contributed by atoms with Crippen LogP contribution in [0.25, 0.3) is 0 Å². The topological polar surface area (TPSA) is 92.4 Å². The second kappa shape index (κ2) is 6.27. The van der Waals surface area contributed by atoms with Gasteiger partial charge in [0.1, 0.15) is 9.97 Å². The summed E-state index contributed by atoms with van der Waals surface area (Å²) in [6.45, 7) is 5.29. The molecule has 0 aliphatic heterocycles. The molecule has 1 unspecified atom stereocenters. The van der Waals surface area contributed by atoms with Crippen LogP contribution in [0, 0.1) is 13.8 Å². The minimum Gasteiger partial charge on any atom is -0.396 e. The lowest BCUT2D eigenvalue weighted by Crippen LogP contribution is -2.26. The van der Waals surface area contributed by atoms with Crippen molar-refractivity contribution >= 4 is 21.4 Å². The maximum absolute atomic E-state index is 12.4. The van der Waals surface area contributed by atoms with Crippen LogP contribution in [0.4, 0.5) is 0 Å². The molecule has 2 aromatic rings. The highest BCUT2D eigenvalue weighted by molar-refractivity contribution is 7.91. The van der Waals surface area contributed by atoms with Crippen LogP contribution in [0.3, 0.4) is 0 Å². The van der Waals surface area contributed by atoms with E-state index in [0.717, 1.165) is 21.8 Å². The molecule has 2 rings (SSSR count). The third-order valence-corrected chi connectivity index (χ3v) is 6.29. The molecule has 0 saturated heterocycles. The van der Waals surface area contributed by atoms with Crippen molar-refractivity contribution in [1.82, 2.24) is 9.88 Å². The van der Waals surface area contributed by atoms with Crippen LogP contribution >= 0.6 is 11.3 Å². The normalized spacial score (nSPS) is 13.5. The Kier molecular flexibility index (Phi) is 4.82. The number of hydrogen-bond acceptors (Lipinski definition) is 6. The predicted octanol–water partition coefficient (Wildman–Crippen LogP) is 1.93. The van der Waals surface area contributed by atoms with Gasteiger partial charge in [0.25, 0.3) is 10.0 Å². The lowest BCUT2D eigenvalue weighted by atomic mass is 10.1. The number of aromatic nitrogens is 1. The van der Waals surface area contributed by atoms with E-state index in [0.29, 0.717) is 17.9 Å². The minimum absolute atomic E-state index is 0.00289. The molecule has 21 heavy (non-hydrogen) atoms. The van der Waals surface area contributed by atoms with Crippen LogP contribution in [0.15, 0.2) is 20.9 Å². The van der Waals surface area contributed by atoms with Crippen molar-refractivity contribution in [3.8, 4) is 0 Å². The van der Waals surface area contributed by atoms with Gasteiger partial charge < -0.3 is 9.63 Å². The molecule has 2 aromatic heterocycles. The van der Waals surface area contributed by atoms with Crippen molar-refractivity contribution in [3.05, 3.63) is 34.0 Å². The Morgan fingerprint density at radius 1 is 1.43 bits per heavy atom. The van der Waals surface area contributed by atoms with Gasteiger partial charge in [0.15, 0.2) is 0 Å². The molecule has 0 aliphatic rings. The van der Waals surface area contributed by atoms with Crippen molar-refractivity contribution in [3.63, 3.8) is 0 Å². The fourth-order valence-electron chi connectivity index (χ4n) is 2.21. The van der Waals surface area contributed by atoms with Crippen molar-refractivity contribution in [2.45, 2.75) is 37.4 Å². The summed E-state index contributed by atoms with van der Waals surface area (Å²) in [5, 5.41) is 12.7. The zero-order valence-electron chi connectivity index (χ0n) is 12.1. The van der Waals surface area contributed by atoms with Crippen molar-refractivity contribution in [1.29, 1.82) is 0 Å². The summed E-state index contributed by atoms with van der Waals surface area (Å²) in [5.41, 5.74) is 1.43. The number of hydrogen-bond donors (Lipinski definition) is 2. The highest BCUT2D eigenvalue weighted by Crippen LogP contribution is 2.26. The molecule has 0 fully saturated rings. The van der Waals surface area contributed by atoms with Crippen LogP contribution in [-0.4, -0.2) is 25.3 Å². The van der Waals surface area contributed by atoms with E-state index in [4.69, 9.17) is 9.63 Å². The Morgan fingerprint density at radius 2 is 2.14 bits per heavy atom. The fraction of sp³-hybridized carbons (Fsp3) is 0.462. The summed E-state index contributed by atoms with van der Waals surface area (Å²) in [7, 11) is -3.60. The molecule has 116 valence electrons. The second-order valence-corrected chi connectivity index (χ2v) is 7.88. The Bertz CT molecular complexity index is 699. The van der Waals surface area contributed by atoms with E-state index in [2.05, 4.69) is 9.88 Å². The quantitative estimate of drug-likeness (QED) is 0.844. The van der Waals surface area contributed by atoms with Crippen LogP contribution in [0.1, 0.15) is 34.9 Å². The maximum atomic E-state index is 12.4. The lowest BCUT2D eigenvalue weighted by Gasteiger charge is -2.13. The largest absolute Gasteiger partial charge is 0.396 e. The molecule has 8 heteroatoms. The van der Waals surface area contributed by atoms with Gasteiger partial charge in [0.05, 0.1) is 5.69 Å². The SMILES string of the molecule is Cc1noc(C)c1C(C)NS(=O)(=O)c1ccc(CCO)s1. The van der Waals surface area contributed by atoms with Gasteiger partial charge in [0.2, 0.25) is 0 Å². The monoisotopic (exact) mass is 330 g/mol. The minimum atomic E-state index is -3.60. The van der Waals surface area contributed by atoms with E-state index in [-0.39, 0.29) is 10.8 Å². The molecule has 1 atom stereocenters. The Morgan fingerprint density at radius 3 is 2.71 bits per heavy atom. The van der Waals surface area contributed by atoms with Gasteiger partial charge in [-0.1, -0.05) is 5.16 Å². The van der Waals surface area contributed by atoms with Gasteiger partial charge in [-0.05, 0) is 32.9 Å². The summed E-state index contributed by atoms with van der Waals surface area (Å²) in [6, 6.07) is 2.85. The third kappa shape index (κ3) is 3.52. The number of aliphatic hydroxyl groups is 1. The number of rotatable bonds is 6. The molecule has 0 aromatic carbocycles. The van der Waals surface area contributed by atoms with E-state index in [1.165, 1.54) is 0 Å². The van der Waals surface area contributed by atoms with Crippen molar-refractivity contribution in [2.24, 2.45) is 0 Å². The number of sulfonamides is 1. The lowest BCUT2D eigenvalue weighted by molar-refractivity contribution is 0.300. The number of nitrogens with one attached hydrogen (secondary N) is 1. The summed E-state index contributed by atoms with van der Waals surface area (Å²) in [4.78, 5) is 0.836. The molecule has 0 spiro atoms. The smallest absolute Gasteiger partial charge is 0.250 e. The Hall–Kier alpha value is -1.22. The van der Waals surface area contributed by atoms with Crippen LogP contribution in [0.5, 0.6) is 0 Å². The van der Waals surface area contributed by atoms with Gasteiger partial charge in [-0.2, -0.15) is 0 Å². The molecule has 2 heterocycles. The highest BCUT2D eigenvalue weighted by atomic mass is 32.2. The van der Waals surface area contributed by atoms with E-state index in [9.17, 15) is 8.42 Å². The fourth-order valence-corrected chi connectivity index (χ4v) is 4.78. The van der Waals surface area contributed by atoms with E-state index in [1.807, 2.05) is 0 Å². The first kappa shape index (κ1) is 16.2. The average Bonchev–Trinajstić information content (AvgIpc) is 2.97. The summed E-state index contributed by atoms with van der Waals surface area (Å²) < 4.78 is 32.7. The van der Waals surface area contributed by atoms with Crippen molar-refractivity contribution in [2.75, 3.05) is 6.61 Å². The number of aliphatic hydroxyl groups excluding tert-OH is 1. The molecule has 0 radical (unpaired) electrons. The van der Waals surface area contributed by atoms with Gasteiger partial charge in [0, 0.05) is 29.5 Å². The predicted molar refractivity (Wildman–Crippen MR) is 79.8 cm³/mol.